The molecule has 172 valence electrons. The summed E-state index contributed by atoms with van der Waals surface area (Å²) in [6, 6.07) is 0. The van der Waals surface area contributed by atoms with E-state index in [9.17, 15) is 10.2 Å². The van der Waals surface area contributed by atoms with Gasteiger partial charge in [0, 0.05) is 25.7 Å². The smallest absolute Gasteiger partial charge is 0.170 e. The summed E-state index contributed by atoms with van der Waals surface area (Å²) in [4.78, 5) is 0. The topological polar surface area (TPSA) is 77.4 Å². The normalized spacial score (nSPS) is 56.8. The number of aliphatic hydroxyl groups excluding tert-OH is 2. The van der Waals surface area contributed by atoms with Crippen LogP contribution in [0.1, 0.15) is 80.1 Å². The lowest BCUT2D eigenvalue weighted by Gasteiger charge is -2.45. The molecule has 30 heavy (non-hydrogen) atoms. The van der Waals surface area contributed by atoms with Crippen LogP contribution in [0, 0.1) is 22.7 Å². The van der Waals surface area contributed by atoms with Gasteiger partial charge in [-0.1, -0.05) is 41.5 Å². The first-order valence-electron chi connectivity index (χ1n) is 11.9. The molecule has 5 fully saturated rings. The van der Waals surface area contributed by atoms with Crippen molar-refractivity contribution in [2.75, 3.05) is 0 Å². The number of hydrogen-bond donors (Lipinski definition) is 2. The van der Waals surface area contributed by atoms with Crippen molar-refractivity contribution in [2.24, 2.45) is 22.7 Å². The van der Waals surface area contributed by atoms with Crippen LogP contribution < -0.4 is 0 Å². The number of fused-ring (bicyclic) bond motifs is 2. The fourth-order valence-corrected chi connectivity index (χ4v) is 7.94. The zero-order valence-electron chi connectivity index (χ0n) is 19.4. The van der Waals surface area contributed by atoms with E-state index < -0.39 is 48.2 Å². The Bertz CT molecular complexity index is 607. The van der Waals surface area contributed by atoms with Crippen LogP contribution in [0.15, 0.2) is 0 Å². The van der Waals surface area contributed by atoms with Crippen LogP contribution in [-0.4, -0.2) is 58.4 Å². The molecule has 6 nitrogen and oxygen atoms in total. The first-order chi connectivity index (χ1) is 13.8. The molecule has 6 heteroatoms. The van der Waals surface area contributed by atoms with Gasteiger partial charge in [0.05, 0.1) is 0 Å². The molecule has 5 aliphatic rings. The van der Waals surface area contributed by atoms with Crippen molar-refractivity contribution in [1.82, 2.24) is 0 Å². The van der Waals surface area contributed by atoms with E-state index in [4.69, 9.17) is 18.9 Å². The van der Waals surface area contributed by atoms with E-state index in [-0.39, 0.29) is 10.8 Å². The van der Waals surface area contributed by atoms with Gasteiger partial charge in [-0.2, -0.15) is 0 Å². The third kappa shape index (κ3) is 3.46. The standard InChI is InChI=1S/C24H40O6/c1-13-7-21(3,4)11-23(9-13)27-17-15(25)19-20(16(26)18(17)28-23)30-24(29-19)10-14(2)8-22(5,6)12-24/h13-20,25-26H,7-12H2,1-6H3/t13?,14?,15-,16-,17-,18-,19-,20?,23?,24?/m0/s1. The van der Waals surface area contributed by atoms with E-state index in [1.807, 2.05) is 0 Å². The molecule has 5 rings (SSSR count). The van der Waals surface area contributed by atoms with Crippen molar-refractivity contribution in [3.63, 3.8) is 0 Å². The molecular formula is C24H40O6. The fourth-order valence-electron chi connectivity index (χ4n) is 7.94. The Morgan fingerprint density at radius 1 is 0.567 bits per heavy atom. The van der Waals surface area contributed by atoms with Crippen LogP contribution in [0.4, 0.5) is 0 Å². The van der Waals surface area contributed by atoms with Crippen LogP contribution in [-0.2, 0) is 18.9 Å². The van der Waals surface area contributed by atoms with E-state index in [1.54, 1.807) is 0 Å². The van der Waals surface area contributed by atoms with Crippen molar-refractivity contribution in [3.8, 4) is 0 Å². The maximum atomic E-state index is 11.3. The van der Waals surface area contributed by atoms with Gasteiger partial charge < -0.3 is 29.2 Å². The Labute approximate surface area is 180 Å². The second kappa shape index (κ2) is 6.64. The zero-order valence-corrected chi connectivity index (χ0v) is 19.4. The van der Waals surface area contributed by atoms with Crippen LogP contribution >= 0.6 is 0 Å². The van der Waals surface area contributed by atoms with E-state index in [0.717, 1.165) is 38.5 Å². The monoisotopic (exact) mass is 424 g/mol. The highest BCUT2D eigenvalue weighted by Gasteiger charge is 2.67. The molecule has 2 N–H and O–H groups in total. The minimum atomic E-state index is -0.872. The van der Waals surface area contributed by atoms with Crippen LogP contribution in [0.3, 0.4) is 0 Å². The summed E-state index contributed by atoms with van der Waals surface area (Å²) in [6.07, 6.45) is 1.25. The molecule has 0 bridgehead atoms. The van der Waals surface area contributed by atoms with Crippen molar-refractivity contribution in [3.05, 3.63) is 0 Å². The fraction of sp³-hybridized carbons (Fsp3) is 1.00. The predicted octanol–water partition coefficient (Wildman–Crippen LogP) is 3.37. The largest absolute Gasteiger partial charge is 0.387 e. The Kier molecular flexibility index (Phi) is 4.78. The molecule has 0 aromatic heterocycles. The van der Waals surface area contributed by atoms with Crippen LogP contribution in [0.5, 0.6) is 0 Å². The first-order valence-corrected chi connectivity index (χ1v) is 11.9. The maximum Gasteiger partial charge on any atom is 0.170 e. The highest BCUT2D eigenvalue weighted by molar-refractivity contribution is 5.11. The van der Waals surface area contributed by atoms with Crippen molar-refractivity contribution in [2.45, 2.75) is 128 Å². The molecule has 2 heterocycles. The first kappa shape index (κ1) is 21.6. The summed E-state index contributed by atoms with van der Waals surface area (Å²) < 4.78 is 25.8. The lowest BCUT2D eigenvalue weighted by molar-refractivity contribution is -0.247. The quantitative estimate of drug-likeness (QED) is 0.621. The number of ether oxygens (including phenoxy) is 4. The van der Waals surface area contributed by atoms with E-state index in [1.165, 1.54) is 0 Å². The summed E-state index contributed by atoms with van der Waals surface area (Å²) in [7, 11) is 0. The van der Waals surface area contributed by atoms with E-state index in [0.29, 0.717) is 11.8 Å². The Morgan fingerprint density at radius 2 is 0.867 bits per heavy atom. The second-order valence-electron chi connectivity index (χ2n) is 12.8. The minimum absolute atomic E-state index is 0.0951. The molecular weight excluding hydrogens is 384 g/mol. The molecule has 3 aliphatic carbocycles. The molecule has 2 spiro atoms. The summed E-state index contributed by atoms with van der Waals surface area (Å²) in [5, 5.41) is 22.5. The van der Waals surface area contributed by atoms with Gasteiger partial charge in [0.1, 0.15) is 36.6 Å². The number of hydrogen-bond acceptors (Lipinski definition) is 6. The summed E-state index contributed by atoms with van der Waals surface area (Å²) >= 11 is 0. The molecule has 0 amide bonds. The van der Waals surface area contributed by atoms with Gasteiger partial charge in [0.15, 0.2) is 11.6 Å². The Hall–Kier alpha value is -0.240. The number of aliphatic hydroxyl groups is 2. The van der Waals surface area contributed by atoms with Gasteiger partial charge in [0.2, 0.25) is 0 Å². The molecule has 5 unspecified atom stereocenters. The van der Waals surface area contributed by atoms with Crippen LogP contribution in [0.2, 0.25) is 0 Å². The van der Waals surface area contributed by atoms with Crippen molar-refractivity contribution >= 4 is 0 Å². The van der Waals surface area contributed by atoms with Gasteiger partial charge in [-0.05, 0) is 35.5 Å². The van der Waals surface area contributed by atoms with Gasteiger partial charge in [-0.3, -0.25) is 0 Å². The van der Waals surface area contributed by atoms with Gasteiger partial charge in [-0.15, -0.1) is 0 Å². The highest BCUT2D eigenvalue weighted by Crippen LogP contribution is 2.56. The molecule has 10 atom stereocenters. The van der Waals surface area contributed by atoms with E-state index in [2.05, 4.69) is 41.5 Å². The Balaban J connectivity index is 1.38. The molecule has 3 saturated carbocycles. The summed E-state index contributed by atoms with van der Waals surface area (Å²) in [5.74, 6) is -0.555. The average Bonchev–Trinajstić information content (AvgIpc) is 3.08. The Morgan fingerprint density at radius 3 is 1.13 bits per heavy atom. The maximum absolute atomic E-state index is 11.3. The van der Waals surface area contributed by atoms with Crippen molar-refractivity contribution in [1.29, 1.82) is 0 Å². The van der Waals surface area contributed by atoms with E-state index >= 15 is 0 Å². The third-order valence-electron chi connectivity index (χ3n) is 8.01. The summed E-state index contributed by atoms with van der Waals surface area (Å²) in [5.41, 5.74) is 0.190. The third-order valence-corrected chi connectivity index (χ3v) is 8.01. The molecule has 0 aromatic carbocycles. The molecule has 2 saturated heterocycles. The van der Waals surface area contributed by atoms with Gasteiger partial charge in [0.25, 0.3) is 0 Å². The SMILES string of the molecule is CC1CC(C)(C)CC2(C1)O[C@@H]1[C@@H](O2)[C@H](O)[C@@H]2OC3(CC(C)CC(C)(C)C3)OC2[C@H]1O. The molecule has 2 aliphatic heterocycles. The lowest BCUT2D eigenvalue weighted by Crippen LogP contribution is -2.61. The predicted molar refractivity (Wildman–Crippen MR) is 111 cm³/mol. The number of rotatable bonds is 0. The lowest BCUT2D eigenvalue weighted by atomic mass is 9.70. The van der Waals surface area contributed by atoms with Gasteiger partial charge in [-0.25, -0.2) is 0 Å². The van der Waals surface area contributed by atoms with Gasteiger partial charge >= 0.3 is 0 Å². The molecule has 0 aromatic rings. The zero-order chi connectivity index (χ0) is 21.7. The molecule has 0 radical (unpaired) electrons. The second-order valence-corrected chi connectivity index (χ2v) is 12.8. The van der Waals surface area contributed by atoms with Crippen molar-refractivity contribution < 1.29 is 29.2 Å². The average molecular weight is 425 g/mol. The van der Waals surface area contributed by atoms with Crippen LogP contribution in [0.25, 0.3) is 0 Å². The summed E-state index contributed by atoms with van der Waals surface area (Å²) in [6.45, 7) is 13.4. The minimum Gasteiger partial charge on any atom is -0.387 e. The highest BCUT2D eigenvalue weighted by atomic mass is 16.8.